The Morgan fingerprint density at radius 3 is 2.64 bits per heavy atom. The van der Waals surface area contributed by atoms with E-state index in [1.807, 2.05) is 25.3 Å². The van der Waals surface area contributed by atoms with Crippen LogP contribution in [0.15, 0.2) is 47.8 Å². The van der Waals surface area contributed by atoms with Crippen LogP contribution in [0.25, 0.3) is 0 Å². The molecule has 2 aromatic heterocycles. The maximum absolute atomic E-state index is 10.3. The lowest BCUT2D eigenvalue weighted by Crippen LogP contribution is -2.49. The molecule has 0 aromatic carbocycles. The molecular formula is C21H30N6O. The lowest BCUT2D eigenvalue weighted by molar-refractivity contribution is 0.187. The summed E-state index contributed by atoms with van der Waals surface area (Å²) < 4.78 is 0. The Labute approximate surface area is 166 Å². The number of nitrogens with zero attached hydrogens (tertiary/aromatic N) is 4. The molecule has 7 nitrogen and oxygen atoms in total. The number of aliphatic imine (C=N–C) groups is 1. The van der Waals surface area contributed by atoms with E-state index >= 15 is 0 Å². The fourth-order valence-electron chi connectivity index (χ4n) is 3.28. The highest BCUT2D eigenvalue weighted by Crippen LogP contribution is 2.18. The zero-order valence-electron chi connectivity index (χ0n) is 16.7. The summed E-state index contributed by atoms with van der Waals surface area (Å²) in [6.07, 6.45) is 6.70. The minimum Gasteiger partial charge on any atom is -0.386 e. The quantitative estimate of drug-likeness (QED) is 0.524. The zero-order chi connectivity index (χ0) is 19.8. The number of aliphatic hydroxyl groups is 1. The second-order valence-corrected chi connectivity index (χ2v) is 7.12. The van der Waals surface area contributed by atoms with Gasteiger partial charge in [-0.3, -0.25) is 9.98 Å². The Hall–Kier alpha value is -2.67. The SMILES string of the molecule is CCNC(=NCC(O)c1ccncc1)NC1CCN(c2ccc(C)cn2)CC1. The molecule has 1 aliphatic heterocycles. The molecule has 2 aromatic rings. The molecule has 0 saturated carbocycles. The van der Waals surface area contributed by atoms with Crippen molar-refractivity contribution in [2.45, 2.75) is 38.8 Å². The van der Waals surface area contributed by atoms with Gasteiger partial charge >= 0.3 is 0 Å². The summed E-state index contributed by atoms with van der Waals surface area (Å²) in [5.41, 5.74) is 2.01. The largest absolute Gasteiger partial charge is 0.386 e. The van der Waals surface area contributed by atoms with E-state index in [2.05, 4.69) is 49.6 Å². The molecule has 0 amide bonds. The number of pyridine rings is 2. The van der Waals surface area contributed by atoms with Crippen molar-refractivity contribution in [3.63, 3.8) is 0 Å². The monoisotopic (exact) mass is 382 g/mol. The predicted octanol–water partition coefficient (Wildman–Crippen LogP) is 2.04. The number of aryl methyl sites for hydroxylation is 1. The Kier molecular flexibility index (Phi) is 7.19. The molecule has 1 saturated heterocycles. The molecule has 1 unspecified atom stereocenters. The molecule has 7 heteroatoms. The number of hydrogen-bond donors (Lipinski definition) is 3. The van der Waals surface area contributed by atoms with Gasteiger partial charge in [0, 0.05) is 44.3 Å². The third kappa shape index (κ3) is 5.66. The van der Waals surface area contributed by atoms with Crippen LogP contribution >= 0.6 is 0 Å². The van der Waals surface area contributed by atoms with Gasteiger partial charge in [-0.2, -0.15) is 0 Å². The van der Waals surface area contributed by atoms with Gasteiger partial charge in [-0.1, -0.05) is 6.07 Å². The van der Waals surface area contributed by atoms with Crippen molar-refractivity contribution in [1.82, 2.24) is 20.6 Å². The Balaban J connectivity index is 1.52. The van der Waals surface area contributed by atoms with Crippen molar-refractivity contribution < 1.29 is 5.11 Å². The average Bonchev–Trinajstić information content (AvgIpc) is 2.74. The highest BCUT2D eigenvalue weighted by atomic mass is 16.3. The first-order valence-corrected chi connectivity index (χ1v) is 9.96. The summed E-state index contributed by atoms with van der Waals surface area (Å²) >= 11 is 0. The standard InChI is InChI=1S/C21H30N6O/c1-3-23-21(25-15-19(28)17-6-10-22-11-7-17)26-18-8-12-27(13-9-18)20-5-4-16(2)14-24-20/h4-7,10-11,14,18-19,28H,3,8-9,12-13,15H2,1-2H3,(H2,23,25,26). The van der Waals surface area contributed by atoms with E-state index in [4.69, 9.17) is 0 Å². The Morgan fingerprint density at radius 2 is 2.00 bits per heavy atom. The normalized spacial score (nSPS) is 16.7. The Bertz CT molecular complexity index is 741. The molecule has 3 heterocycles. The van der Waals surface area contributed by atoms with Crippen molar-refractivity contribution in [3.8, 4) is 0 Å². The number of anilines is 1. The summed E-state index contributed by atoms with van der Waals surface area (Å²) in [4.78, 5) is 15.4. The maximum atomic E-state index is 10.3. The predicted molar refractivity (Wildman–Crippen MR) is 113 cm³/mol. The number of piperidine rings is 1. The molecule has 3 rings (SSSR count). The van der Waals surface area contributed by atoms with Gasteiger partial charge in [0.2, 0.25) is 0 Å². The molecule has 1 aliphatic rings. The van der Waals surface area contributed by atoms with E-state index in [-0.39, 0.29) is 0 Å². The zero-order valence-corrected chi connectivity index (χ0v) is 16.7. The van der Waals surface area contributed by atoms with Crippen molar-refractivity contribution in [2.75, 3.05) is 31.1 Å². The topological polar surface area (TPSA) is 85.7 Å². The second-order valence-electron chi connectivity index (χ2n) is 7.12. The van der Waals surface area contributed by atoms with E-state index in [1.165, 1.54) is 5.56 Å². The first-order chi connectivity index (χ1) is 13.7. The molecule has 150 valence electrons. The molecule has 0 aliphatic carbocycles. The Morgan fingerprint density at radius 1 is 1.25 bits per heavy atom. The van der Waals surface area contributed by atoms with Crippen LogP contribution in [0.3, 0.4) is 0 Å². The molecule has 0 spiro atoms. The van der Waals surface area contributed by atoms with Crippen LogP contribution < -0.4 is 15.5 Å². The number of nitrogens with one attached hydrogen (secondary N) is 2. The van der Waals surface area contributed by atoms with E-state index < -0.39 is 6.10 Å². The van der Waals surface area contributed by atoms with Crippen LogP contribution in [0.2, 0.25) is 0 Å². The van der Waals surface area contributed by atoms with Gasteiger partial charge in [0.05, 0.1) is 12.6 Å². The van der Waals surface area contributed by atoms with Crippen molar-refractivity contribution >= 4 is 11.8 Å². The fraction of sp³-hybridized carbons (Fsp3) is 0.476. The van der Waals surface area contributed by atoms with Crippen LogP contribution in [0, 0.1) is 6.92 Å². The van der Waals surface area contributed by atoms with Crippen LogP contribution in [-0.4, -0.2) is 53.3 Å². The highest BCUT2D eigenvalue weighted by Gasteiger charge is 2.21. The fourth-order valence-corrected chi connectivity index (χ4v) is 3.28. The van der Waals surface area contributed by atoms with E-state index in [1.54, 1.807) is 12.4 Å². The summed E-state index contributed by atoms with van der Waals surface area (Å²) in [5, 5.41) is 17.1. The van der Waals surface area contributed by atoms with Gasteiger partial charge in [-0.05, 0) is 56.0 Å². The smallest absolute Gasteiger partial charge is 0.191 e. The molecule has 1 fully saturated rings. The van der Waals surface area contributed by atoms with Crippen LogP contribution in [0.1, 0.15) is 37.0 Å². The minimum atomic E-state index is -0.632. The second kappa shape index (κ2) is 10.0. The summed E-state index contributed by atoms with van der Waals surface area (Å²) in [6.45, 7) is 7.12. The maximum Gasteiger partial charge on any atom is 0.191 e. The van der Waals surface area contributed by atoms with Gasteiger partial charge in [0.1, 0.15) is 5.82 Å². The number of aliphatic hydroxyl groups excluding tert-OH is 1. The van der Waals surface area contributed by atoms with Gasteiger partial charge < -0.3 is 20.6 Å². The van der Waals surface area contributed by atoms with Gasteiger partial charge in [-0.25, -0.2) is 4.98 Å². The number of aromatic nitrogens is 2. The van der Waals surface area contributed by atoms with E-state index in [0.717, 1.165) is 49.8 Å². The molecule has 0 bridgehead atoms. The van der Waals surface area contributed by atoms with Crippen LogP contribution in [-0.2, 0) is 0 Å². The third-order valence-electron chi connectivity index (χ3n) is 4.91. The van der Waals surface area contributed by atoms with Crippen molar-refractivity contribution in [3.05, 3.63) is 54.0 Å². The summed E-state index contributed by atoms with van der Waals surface area (Å²) in [6, 6.07) is 8.19. The van der Waals surface area contributed by atoms with Crippen LogP contribution in [0.4, 0.5) is 5.82 Å². The van der Waals surface area contributed by atoms with Crippen molar-refractivity contribution in [1.29, 1.82) is 0 Å². The van der Waals surface area contributed by atoms with Gasteiger partial charge in [-0.15, -0.1) is 0 Å². The molecule has 28 heavy (non-hydrogen) atoms. The van der Waals surface area contributed by atoms with Gasteiger partial charge in [0.15, 0.2) is 5.96 Å². The first-order valence-electron chi connectivity index (χ1n) is 9.96. The number of guanidine groups is 1. The summed E-state index contributed by atoms with van der Waals surface area (Å²) in [5.74, 6) is 1.80. The first kappa shape index (κ1) is 20.1. The molecule has 3 N–H and O–H groups in total. The van der Waals surface area contributed by atoms with Crippen LogP contribution in [0.5, 0.6) is 0 Å². The highest BCUT2D eigenvalue weighted by molar-refractivity contribution is 5.80. The van der Waals surface area contributed by atoms with Gasteiger partial charge in [0.25, 0.3) is 0 Å². The van der Waals surface area contributed by atoms with E-state index in [0.29, 0.717) is 12.6 Å². The summed E-state index contributed by atoms with van der Waals surface area (Å²) in [7, 11) is 0. The third-order valence-corrected chi connectivity index (χ3v) is 4.91. The number of rotatable bonds is 6. The molecule has 1 atom stereocenters. The minimum absolute atomic E-state index is 0.311. The lowest BCUT2D eigenvalue weighted by Gasteiger charge is -2.34. The lowest BCUT2D eigenvalue weighted by atomic mass is 10.1. The number of hydrogen-bond acceptors (Lipinski definition) is 5. The average molecular weight is 383 g/mol. The van der Waals surface area contributed by atoms with E-state index in [9.17, 15) is 5.11 Å². The molecule has 0 radical (unpaired) electrons. The van der Waals surface area contributed by atoms with Crippen molar-refractivity contribution in [2.24, 2.45) is 4.99 Å². The molecular weight excluding hydrogens is 352 g/mol.